The molecule has 1 aromatic carbocycles. The minimum absolute atomic E-state index is 0.0111. The molecule has 0 radical (unpaired) electrons. The number of hydrogen-bond donors (Lipinski definition) is 0. The number of fused-ring (bicyclic) bond motifs is 1. The van der Waals surface area contributed by atoms with E-state index in [0.29, 0.717) is 25.5 Å². The molecular formula is C20H28ClN3O3. The summed E-state index contributed by atoms with van der Waals surface area (Å²) < 4.78 is 9.18. The molecule has 2 heterocycles. The van der Waals surface area contributed by atoms with Gasteiger partial charge in [-0.1, -0.05) is 12.1 Å². The third-order valence-electron chi connectivity index (χ3n) is 4.87. The standard InChI is InChI=1S/C20H28ClN3O3/c1-20(2,3)27-19(26)22-13-9-15(10-14-22)24-17-8-5-4-7-16(17)23(18(24)25)12-6-11-21/h4-5,7-8,15H,6,9-14H2,1-3H3. The fraction of sp³-hybridized carbons (Fsp3) is 0.600. The number of nitrogens with zero attached hydrogens (tertiary/aromatic N) is 3. The molecule has 1 saturated heterocycles. The second-order valence-corrected chi connectivity index (χ2v) is 8.41. The number of aromatic nitrogens is 2. The molecule has 148 valence electrons. The van der Waals surface area contributed by atoms with Crippen molar-refractivity contribution < 1.29 is 9.53 Å². The van der Waals surface area contributed by atoms with Crippen molar-refractivity contribution in [2.24, 2.45) is 0 Å². The van der Waals surface area contributed by atoms with Crippen molar-refractivity contribution in [1.29, 1.82) is 0 Å². The zero-order valence-corrected chi connectivity index (χ0v) is 17.0. The fourth-order valence-electron chi connectivity index (χ4n) is 3.65. The van der Waals surface area contributed by atoms with Crippen molar-refractivity contribution in [3.05, 3.63) is 34.7 Å². The van der Waals surface area contributed by atoms with Gasteiger partial charge in [0.25, 0.3) is 0 Å². The van der Waals surface area contributed by atoms with Crippen LogP contribution in [-0.4, -0.2) is 44.7 Å². The van der Waals surface area contributed by atoms with E-state index in [-0.39, 0.29) is 17.8 Å². The van der Waals surface area contributed by atoms with Gasteiger partial charge in [0.1, 0.15) is 5.60 Å². The summed E-state index contributed by atoms with van der Waals surface area (Å²) in [5.74, 6) is 0.528. The molecular weight excluding hydrogens is 366 g/mol. The number of para-hydroxylation sites is 2. The van der Waals surface area contributed by atoms with Crippen LogP contribution in [0.3, 0.4) is 0 Å². The molecule has 0 N–H and O–H groups in total. The number of ether oxygens (including phenoxy) is 1. The SMILES string of the molecule is CC(C)(C)OC(=O)N1CCC(n2c(=O)n(CCCCl)c3ccccc32)CC1. The maximum Gasteiger partial charge on any atom is 0.410 e. The number of aryl methyl sites for hydroxylation is 1. The van der Waals surface area contributed by atoms with E-state index in [0.717, 1.165) is 30.3 Å². The fourth-order valence-corrected chi connectivity index (χ4v) is 3.77. The molecule has 0 unspecified atom stereocenters. The number of carbonyl (C=O) groups excluding carboxylic acids is 1. The third-order valence-corrected chi connectivity index (χ3v) is 5.13. The first kappa shape index (κ1) is 19.8. The average molecular weight is 394 g/mol. The maximum absolute atomic E-state index is 13.1. The largest absolute Gasteiger partial charge is 0.444 e. The van der Waals surface area contributed by atoms with Crippen molar-refractivity contribution >= 4 is 28.7 Å². The van der Waals surface area contributed by atoms with E-state index in [1.54, 1.807) is 4.90 Å². The van der Waals surface area contributed by atoms with Gasteiger partial charge < -0.3 is 9.64 Å². The Morgan fingerprint density at radius 3 is 2.41 bits per heavy atom. The number of halogens is 1. The maximum atomic E-state index is 13.1. The lowest BCUT2D eigenvalue weighted by atomic mass is 10.0. The van der Waals surface area contributed by atoms with Gasteiger partial charge in [-0.05, 0) is 52.2 Å². The highest BCUT2D eigenvalue weighted by atomic mass is 35.5. The molecule has 3 rings (SSSR count). The van der Waals surface area contributed by atoms with E-state index < -0.39 is 5.60 Å². The van der Waals surface area contributed by atoms with Crippen LogP contribution in [0.25, 0.3) is 11.0 Å². The molecule has 1 aromatic heterocycles. The third kappa shape index (κ3) is 4.32. The predicted molar refractivity (Wildman–Crippen MR) is 108 cm³/mol. The summed E-state index contributed by atoms with van der Waals surface area (Å²) in [6.07, 6.45) is 1.95. The highest BCUT2D eigenvalue weighted by Crippen LogP contribution is 2.26. The van der Waals surface area contributed by atoms with E-state index in [4.69, 9.17) is 16.3 Å². The second kappa shape index (κ2) is 7.97. The lowest BCUT2D eigenvalue weighted by molar-refractivity contribution is 0.0188. The van der Waals surface area contributed by atoms with Crippen LogP contribution >= 0.6 is 11.6 Å². The molecule has 0 saturated carbocycles. The number of likely N-dealkylation sites (tertiary alicyclic amines) is 1. The van der Waals surface area contributed by atoms with Gasteiger partial charge in [0.2, 0.25) is 0 Å². The predicted octanol–water partition coefficient (Wildman–Crippen LogP) is 4.00. The molecule has 7 heteroatoms. The Labute approximate surface area is 164 Å². The Kier molecular flexibility index (Phi) is 5.84. The van der Waals surface area contributed by atoms with Gasteiger partial charge in [0.05, 0.1) is 11.0 Å². The Morgan fingerprint density at radius 2 is 1.81 bits per heavy atom. The van der Waals surface area contributed by atoms with Crippen LogP contribution in [0.15, 0.2) is 29.1 Å². The quantitative estimate of drug-likeness (QED) is 0.737. The van der Waals surface area contributed by atoms with Crippen LogP contribution in [0.2, 0.25) is 0 Å². The van der Waals surface area contributed by atoms with Crippen LogP contribution in [0.1, 0.15) is 46.1 Å². The van der Waals surface area contributed by atoms with Crippen molar-refractivity contribution in [2.75, 3.05) is 19.0 Å². The van der Waals surface area contributed by atoms with Crippen LogP contribution in [0.4, 0.5) is 4.79 Å². The highest BCUT2D eigenvalue weighted by molar-refractivity contribution is 6.17. The topological polar surface area (TPSA) is 56.5 Å². The monoisotopic (exact) mass is 393 g/mol. The first-order valence-corrected chi connectivity index (χ1v) is 10.1. The van der Waals surface area contributed by atoms with Gasteiger partial charge in [-0.15, -0.1) is 11.6 Å². The number of benzene rings is 1. The summed E-state index contributed by atoms with van der Waals surface area (Å²) >= 11 is 5.83. The van der Waals surface area contributed by atoms with Crippen molar-refractivity contribution in [2.45, 2.75) is 58.2 Å². The highest BCUT2D eigenvalue weighted by Gasteiger charge is 2.29. The Bertz CT molecular complexity index is 857. The number of amides is 1. The van der Waals surface area contributed by atoms with E-state index >= 15 is 0 Å². The molecule has 0 aliphatic carbocycles. The summed E-state index contributed by atoms with van der Waals surface area (Å²) in [6, 6.07) is 7.97. The summed E-state index contributed by atoms with van der Waals surface area (Å²) in [6.45, 7) is 7.40. The van der Waals surface area contributed by atoms with Gasteiger partial charge in [-0.2, -0.15) is 0 Å². The smallest absolute Gasteiger partial charge is 0.410 e. The van der Waals surface area contributed by atoms with Gasteiger partial charge >= 0.3 is 11.8 Å². The molecule has 0 atom stereocenters. The van der Waals surface area contributed by atoms with E-state index in [2.05, 4.69) is 0 Å². The second-order valence-electron chi connectivity index (χ2n) is 8.03. The minimum Gasteiger partial charge on any atom is -0.444 e. The first-order chi connectivity index (χ1) is 12.8. The Morgan fingerprint density at radius 1 is 1.19 bits per heavy atom. The number of carbonyl (C=O) groups is 1. The van der Waals surface area contributed by atoms with E-state index in [9.17, 15) is 9.59 Å². The van der Waals surface area contributed by atoms with E-state index in [1.807, 2.05) is 54.2 Å². The van der Waals surface area contributed by atoms with E-state index in [1.165, 1.54) is 0 Å². The summed E-state index contributed by atoms with van der Waals surface area (Å²) in [4.78, 5) is 27.1. The molecule has 0 spiro atoms. The lowest BCUT2D eigenvalue weighted by Gasteiger charge is -2.33. The summed E-state index contributed by atoms with van der Waals surface area (Å²) in [5.41, 5.74) is 1.41. The van der Waals surface area contributed by atoms with Gasteiger partial charge in [-0.25, -0.2) is 9.59 Å². The van der Waals surface area contributed by atoms with Crippen molar-refractivity contribution in [1.82, 2.24) is 14.0 Å². The molecule has 6 nitrogen and oxygen atoms in total. The van der Waals surface area contributed by atoms with Crippen LogP contribution in [0, 0.1) is 0 Å². The lowest BCUT2D eigenvalue weighted by Crippen LogP contribution is -2.43. The first-order valence-electron chi connectivity index (χ1n) is 9.55. The number of rotatable bonds is 4. The molecule has 0 bridgehead atoms. The van der Waals surface area contributed by atoms with Gasteiger partial charge in [-0.3, -0.25) is 9.13 Å². The summed E-state index contributed by atoms with van der Waals surface area (Å²) in [5, 5.41) is 0. The molecule has 1 aliphatic heterocycles. The number of alkyl halides is 1. The Hall–Kier alpha value is -1.95. The molecule has 1 aliphatic rings. The average Bonchev–Trinajstić information content (AvgIpc) is 2.90. The van der Waals surface area contributed by atoms with Crippen molar-refractivity contribution in [3.63, 3.8) is 0 Å². The number of piperidine rings is 1. The zero-order chi connectivity index (χ0) is 19.6. The normalized spacial score (nSPS) is 16.1. The summed E-state index contributed by atoms with van der Waals surface area (Å²) in [7, 11) is 0. The van der Waals surface area contributed by atoms with Gasteiger partial charge in [0.15, 0.2) is 0 Å². The molecule has 1 fully saturated rings. The zero-order valence-electron chi connectivity index (χ0n) is 16.3. The van der Waals surface area contributed by atoms with Crippen LogP contribution in [-0.2, 0) is 11.3 Å². The minimum atomic E-state index is -0.499. The molecule has 27 heavy (non-hydrogen) atoms. The molecule has 1 amide bonds. The van der Waals surface area contributed by atoms with Crippen LogP contribution in [0.5, 0.6) is 0 Å². The number of hydrogen-bond acceptors (Lipinski definition) is 3. The van der Waals surface area contributed by atoms with Crippen molar-refractivity contribution in [3.8, 4) is 0 Å². The van der Waals surface area contributed by atoms with Crippen LogP contribution < -0.4 is 5.69 Å². The Balaban J connectivity index is 1.80. The van der Waals surface area contributed by atoms with Gasteiger partial charge in [0, 0.05) is 31.6 Å². The number of imidazole rings is 1. The molecule has 2 aromatic rings.